The van der Waals surface area contributed by atoms with Gasteiger partial charge in [-0.25, -0.2) is 0 Å². The Bertz CT molecular complexity index is 312. The summed E-state index contributed by atoms with van der Waals surface area (Å²) in [5.74, 6) is 0.934. The van der Waals surface area contributed by atoms with Crippen molar-refractivity contribution < 1.29 is 0 Å². The number of rotatable bonds is 4. The van der Waals surface area contributed by atoms with Crippen LogP contribution in [0, 0.1) is 20.8 Å². The summed E-state index contributed by atoms with van der Waals surface area (Å²) >= 11 is 0. The zero-order valence-corrected chi connectivity index (χ0v) is 10.6. The second kappa shape index (κ2) is 4.71. The molecule has 0 radical (unpaired) electrons. The summed E-state index contributed by atoms with van der Waals surface area (Å²) in [6, 6.07) is 0. The highest BCUT2D eigenvalue weighted by molar-refractivity contribution is 5.49. The molecule has 0 fully saturated rings. The second-order valence-electron chi connectivity index (χ2n) is 4.53. The molecule has 1 heterocycles. The van der Waals surface area contributed by atoms with Crippen LogP contribution in [0.15, 0.2) is 0 Å². The van der Waals surface area contributed by atoms with Crippen LogP contribution in [0.1, 0.15) is 23.2 Å². The zero-order chi connectivity index (χ0) is 11.6. The molecule has 2 N–H and O–H groups in total. The van der Waals surface area contributed by atoms with Gasteiger partial charge in [0.25, 0.3) is 0 Å². The normalized spacial score (nSPS) is 11.3. The Morgan fingerprint density at radius 2 is 1.73 bits per heavy atom. The Labute approximate surface area is 92.9 Å². The van der Waals surface area contributed by atoms with Crippen molar-refractivity contribution in [3.8, 4) is 0 Å². The van der Waals surface area contributed by atoms with Gasteiger partial charge >= 0.3 is 0 Å². The molecule has 0 amide bonds. The van der Waals surface area contributed by atoms with E-state index >= 15 is 0 Å². The van der Waals surface area contributed by atoms with Crippen LogP contribution >= 0.6 is 0 Å². The van der Waals surface area contributed by atoms with Crippen LogP contribution in [-0.4, -0.2) is 30.1 Å². The van der Waals surface area contributed by atoms with Crippen molar-refractivity contribution >= 4 is 5.82 Å². The van der Waals surface area contributed by atoms with Crippen molar-refractivity contribution in [1.82, 2.24) is 9.47 Å². The fraction of sp³-hybridized carbons (Fsp3) is 0.667. The van der Waals surface area contributed by atoms with Crippen molar-refractivity contribution in [3.05, 3.63) is 16.8 Å². The van der Waals surface area contributed by atoms with E-state index in [1.807, 2.05) is 0 Å². The first-order valence-corrected chi connectivity index (χ1v) is 5.51. The lowest BCUT2D eigenvalue weighted by molar-refractivity contribution is 0.386. The van der Waals surface area contributed by atoms with E-state index in [-0.39, 0.29) is 0 Å². The number of anilines is 1. The molecule has 0 aliphatic rings. The summed E-state index contributed by atoms with van der Waals surface area (Å²) in [5.41, 5.74) is 9.94. The van der Waals surface area contributed by atoms with E-state index in [2.05, 4.69) is 44.3 Å². The topological polar surface area (TPSA) is 34.2 Å². The Balaban J connectivity index is 2.73. The molecule has 0 aliphatic carbocycles. The maximum atomic E-state index is 6.07. The molecule has 1 aromatic rings. The van der Waals surface area contributed by atoms with Gasteiger partial charge in [-0.1, -0.05) is 0 Å². The average Bonchev–Trinajstić information content (AvgIpc) is 2.34. The Morgan fingerprint density at radius 3 is 2.13 bits per heavy atom. The molecular weight excluding hydrogens is 186 g/mol. The molecule has 0 aliphatic heterocycles. The van der Waals surface area contributed by atoms with Gasteiger partial charge in [0.1, 0.15) is 5.82 Å². The first-order chi connectivity index (χ1) is 6.95. The van der Waals surface area contributed by atoms with Crippen molar-refractivity contribution in [2.75, 3.05) is 26.4 Å². The third-order valence-electron chi connectivity index (χ3n) is 3.17. The van der Waals surface area contributed by atoms with Crippen LogP contribution in [-0.2, 0) is 6.54 Å². The van der Waals surface area contributed by atoms with Gasteiger partial charge in [0.05, 0.1) is 0 Å². The molecular formula is C12H23N3. The van der Waals surface area contributed by atoms with Gasteiger partial charge in [-0.3, -0.25) is 0 Å². The SMILES string of the molecule is Cc1c(C)c(N)n(CCCN(C)C)c1C. The molecule has 0 saturated carbocycles. The van der Waals surface area contributed by atoms with Gasteiger partial charge in [-0.2, -0.15) is 0 Å². The first kappa shape index (κ1) is 12.1. The predicted octanol–water partition coefficient (Wildman–Crippen LogP) is 1.95. The highest BCUT2D eigenvalue weighted by Gasteiger charge is 2.10. The number of nitrogen functional groups attached to an aromatic ring is 1. The van der Waals surface area contributed by atoms with E-state index in [0.717, 1.165) is 25.3 Å². The molecule has 0 atom stereocenters. The van der Waals surface area contributed by atoms with Gasteiger partial charge in [0, 0.05) is 12.2 Å². The molecule has 86 valence electrons. The van der Waals surface area contributed by atoms with E-state index in [1.165, 1.54) is 16.8 Å². The van der Waals surface area contributed by atoms with Crippen LogP contribution in [0.5, 0.6) is 0 Å². The molecule has 0 unspecified atom stereocenters. The number of nitrogens with two attached hydrogens (primary N) is 1. The van der Waals surface area contributed by atoms with Gasteiger partial charge in [-0.15, -0.1) is 0 Å². The fourth-order valence-electron chi connectivity index (χ4n) is 1.88. The maximum absolute atomic E-state index is 6.07. The standard InChI is InChI=1S/C12H23N3/c1-9-10(2)12(13)15(11(9)3)8-6-7-14(4)5/h6-8,13H2,1-5H3. The largest absolute Gasteiger partial charge is 0.385 e. The second-order valence-corrected chi connectivity index (χ2v) is 4.53. The Morgan fingerprint density at radius 1 is 1.13 bits per heavy atom. The fourth-order valence-corrected chi connectivity index (χ4v) is 1.88. The lowest BCUT2D eigenvalue weighted by Crippen LogP contribution is -2.16. The molecule has 0 saturated heterocycles. The summed E-state index contributed by atoms with van der Waals surface area (Å²) < 4.78 is 2.23. The number of hydrogen-bond acceptors (Lipinski definition) is 2. The van der Waals surface area contributed by atoms with E-state index in [1.54, 1.807) is 0 Å². The van der Waals surface area contributed by atoms with Crippen LogP contribution < -0.4 is 5.73 Å². The maximum Gasteiger partial charge on any atom is 0.106 e. The van der Waals surface area contributed by atoms with Crippen molar-refractivity contribution in [3.63, 3.8) is 0 Å². The van der Waals surface area contributed by atoms with Crippen LogP contribution in [0.4, 0.5) is 5.82 Å². The summed E-state index contributed by atoms with van der Waals surface area (Å²) in [4.78, 5) is 2.20. The van der Waals surface area contributed by atoms with Crippen molar-refractivity contribution in [2.45, 2.75) is 33.7 Å². The minimum absolute atomic E-state index is 0.934. The van der Waals surface area contributed by atoms with Crippen LogP contribution in [0.25, 0.3) is 0 Å². The third-order valence-corrected chi connectivity index (χ3v) is 3.17. The minimum Gasteiger partial charge on any atom is -0.385 e. The monoisotopic (exact) mass is 209 g/mol. The predicted molar refractivity (Wildman–Crippen MR) is 66.2 cm³/mol. The summed E-state index contributed by atoms with van der Waals surface area (Å²) in [5, 5.41) is 0. The van der Waals surface area contributed by atoms with Crippen LogP contribution in [0.2, 0.25) is 0 Å². The van der Waals surface area contributed by atoms with Crippen molar-refractivity contribution in [2.24, 2.45) is 0 Å². The number of aromatic nitrogens is 1. The molecule has 0 spiro atoms. The summed E-state index contributed by atoms with van der Waals surface area (Å²) in [6.07, 6.45) is 1.14. The number of nitrogens with zero attached hydrogens (tertiary/aromatic N) is 2. The third kappa shape index (κ3) is 2.53. The zero-order valence-electron chi connectivity index (χ0n) is 10.6. The average molecular weight is 209 g/mol. The van der Waals surface area contributed by atoms with E-state index < -0.39 is 0 Å². The molecule has 0 bridgehead atoms. The molecule has 0 aromatic carbocycles. The summed E-state index contributed by atoms with van der Waals surface area (Å²) in [7, 11) is 4.20. The van der Waals surface area contributed by atoms with Crippen LogP contribution in [0.3, 0.4) is 0 Å². The van der Waals surface area contributed by atoms with E-state index in [0.29, 0.717) is 0 Å². The quantitative estimate of drug-likeness (QED) is 0.822. The van der Waals surface area contributed by atoms with Gasteiger partial charge in [0.2, 0.25) is 0 Å². The number of hydrogen-bond donors (Lipinski definition) is 1. The molecule has 3 nitrogen and oxygen atoms in total. The van der Waals surface area contributed by atoms with Gasteiger partial charge in [-0.05, 0) is 59.0 Å². The van der Waals surface area contributed by atoms with E-state index in [4.69, 9.17) is 5.73 Å². The highest BCUT2D eigenvalue weighted by Crippen LogP contribution is 2.23. The first-order valence-electron chi connectivity index (χ1n) is 5.51. The van der Waals surface area contributed by atoms with E-state index in [9.17, 15) is 0 Å². The molecule has 15 heavy (non-hydrogen) atoms. The smallest absolute Gasteiger partial charge is 0.106 e. The highest BCUT2D eigenvalue weighted by atomic mass is 15.1. The van der Waals surface area contributed by atoms with Gasteiger partial charge < -0.3 is 15.2 Å². The summed E-state index contributed by atoms with van der Waals surface area (Å²) in [6.45, 7) is 8.51. The molecule has 1 aromatic heterocycles. The Hall–Kier alpha value is -0.960. The Kier molecular flexibility index (Phi) is 3.80. The lowest BCUT2D eigenvalue weighted by atomic mass is 10.2. The molecule has 1 rings (SSSR count). The van der Waals surface area contributed by atoms with Gasteiger partial charge in [0.15, 0.2) is 0 Å². The lowest BCUT2D eigenvalue weighted by Gasteiger charge is -2.12. The minimum atomic E-state index is 0.934. The molecule has 3 heteroatoms. The van der Waals surface area contributed by atoms with Crippen molar-refractivity contribution in [1.29, 1.82) is 0 Å².